The van der Waals surface area contributed by atoms with E-state index < -0.39 is 0 Å². The fraction of sp³-hybridized carbons (Fsp3) is 0.833. The maximum absolute atomic E-state index is 3.78. The fourth-order valence-corrected chi connectivity index (χ4v) is 1.38. The van der Waals surface area contributed by atoms with Crippen LogP contribution in [0.25, 0.3) is 0 Å². The summed E-state index contributed by atoms with van der Waals surface area (Å²) in [6.45, 7) is 16.9. The van der Waals surface area contributed by atoms with Gasteiger partial charge in [-0.3, -0.25) is 4.90 Å². The SMILES string of the molecule is C=CCN(CCC)CCNC(C)(C)C. The van der Waals surface area contributed by atoms with Crippen molar-refractivity contribution in [3.05, 3.63) is 12.7 Å². The third-order valence-electron chi connectivity index (χ3n) is 2.01. The predicted molar refractivity (Wildman–Crippen MR) is 64.7 cm³/mol. The summed E-state index contributed by atoms with van der Waals surface area (Å²) in [7, 11) is 0. The highest BCUT2D eigenvalue weighted by Gasteiger charge is 2.08. The third kappa shape index (κ3) is 8.27. The lowest BCUT2D eigenvalue weighted by molar-refractivity contribution is 0.285. The summed E-state index contributed by atoms with van der Waals surface area (Å²) in [5, 5.41) is 3.49. The van der Waals surface area contributed by atoms with Crippen molar-refractivity contribution in [2.75, 3.05) is 26.2 Å². The molecular formula is C12H26N2. The Labute approximate surface area is 89.4 Å². The Hall–Kier alpha value is -0.340. The van der Waals surface area contributed by atoms with Crippen LogP contribution in [0.1, 0.15) is 34.1 Å². The summed E-state index contributed by atoms with van der Waals surface area (Å²) in [6, 6.07) is 0. The summed E-state index contributed by atoms with van der Waals surface area (Å²) in [6.07, 6.45) is 3.19. The van der Waals surface area contributed by atoms with E-state index in [1.165, 1.54) is 6.42 Å². The molecule has 2 heteroatoms. The average Bonchev–Trinajstić information content (AvgIpc) is 2.02. The van der Waals surface area contributed by atoms with Gasteiger partial charge in [-0.05, 0) is 33.7 Å². The van der Waals surface area contributed by atoms with Crippen LogP contribution in [-0.4, -0.2) is 36.6 Å². The molecule has 0 heterocycles. The Morgan fingerprint density at radius 2 is 1.93 bits per heavy atom. The van der Waals surface area contributed by atoms with Crippen molar-refractivity contribution in [2.24, 2.45) is 0 Å². The van der Waals surface area contributed by atoms with Crippen molar-refractivity contribution in [1.29, 1.82) is 0 Å². The average molecular weight is 198 g/mol. The first-order chi connectivity index (χ1) is 6.49. The van der Waals surface area contributed by atoms with E-state index in [1.807, 2.05) is 6.08 Å². The summed E-state index contributed by atoms with van der Waals surface area (Å²) < 4.78 is 0. The molecule has 0 fully saturated rings. The molecule has 0 aliphatic rings. The van der Waals surface area contributed by atoms with Gasteiger partial charge in [-0.1, -0.05) is 13.0 Å². The van der Waals surface area contributed by atoms with Gasteiger partial charge in [0.25, 0.3) is 0 Å². The second kappa shape index (κ2) is 7.02. The van der Waals surface area contributed by atoms with Crippen molar-refractivity contribution in [1.82, 2.24) is 10.2 Å². The molecular weight excluding hydrogens is 172 g/mol. The molecule has 0 radical (unpaired) electrons. The molecule has 0 spiro atoms. The number of hydrogen-bond donors (Lipinski definition) is 1. The Morgan fingerprint density at radius 3 is 2.36 bits per heavy atom. The number of hydrogen-bond acceptors (Lipinski definition) is 2. The molecule has 2 nitrogen and oxygen atoms in total. The molecule has 0 aromatic heterocycles. The lowest BCUT2D eigenvalue weighted by Gasteiger charge is -2.25. The quantitative estimate of drug-likeness (QED) is 0.631. The molecule has 0 rings (SSSR count). The van der Waals surface area contributed by atoms with E-state index in [2.05, 4.69) is 44.5 Å². The second-order valence-corrected chi connectivity index (χ2v) is 4.77. The Kier molecular flexibility index (Phi) is 6.85. The van der Waals surface area contributed by atoms with Crippen molar-refractivity contribution < 1.29 is 0 Å². The molecule has 0 unspecified atom stereocenters. The van der Waals surface area contributed by atoms with Crippen LogP contribution in [0.3, 0.4) is 0 Å². The smallest absolute Gasteiger partial charge is 0.0161 e. The predicted octanol–water partition coefficient (Wildman–Crippen LogP) is 2.27. The minimum Gasteiger partial charge on any atom is -0.311 e. The van der Waals surface area contributed by atoms with Gasteiger partial charge in [0, 0.05) is 25.2 Å². The van der Waals surface area contributed by atoms with E-state index in [-0.39, 0.29) is 5.54 Å². The fourth-order valence-electron chi connectivity index (χ4n) is 1.38. The Bertz CT molecular complexity index is 147. The van der Waals surface area contributed by atoms with Gasteiger partial charge in [-0.2, -0.15) is 0 Å². The molecule has 0 saturated heterocycles. The normalized spacial score (nSPS) is 12.1. The van der Waals surface area contributed by atoms with Gasteiger partial charge in [0.2, 0.25) is 0 Å². The maximum atomic E-state index is 3.78. The van der Waals surface area contributed by atoms with Crippen LogP contribution >= 0.6 is 0 Å². The third-order valence-corrected chi connectivity index (χ3v) is 2.01. The maximum Gasteiger partial charge on any atom is 0.0161 e. The zero-order valence-corrected chi connectivity index (χ0v) is 10.3. The molecule has 0 atom stereocenters. The van der Waals surface area contributed by atoms with Crippen LogP contribution in [0.5, 0.6) is 0 Å². The molecule has 0 aliphatic heterocycles. The molecule has 0 aromatic carbocycles. The molecule has 0 bridgehead atoms. The highest BCUT2D eigenvalue weighted by atomic mass is 15.1. The van der Waals surface area contributed by atoms with E-state index in [0.29, 0.717) is 0 Å². The summed E-state index contributed by atoms with van der Waals surface area (Å²) in [5.74, 6) is 0. The zero-order valence-electron chi connectivity index (χ0n) is 10.3. The lowest BCUT2D eigenvalue weighted by Crippen LogP contribution is -2.41. The van der Waals surface area contributed by atoms with Crippen molar-refractivity contribution in [3.8, 4) is 0 Å². The molecule has 14 heavy (non-hydrogen) atoms. The van der Waals surface area contributed by atoms with Gasteiger partial charge in [0.15, 0.2) is 0 Å². The minimum absolute atomic E-state index is 0.228. The van der Waals surface area contributed by atoms with Gasteiger partial charge in [0.05, 0.1) is 0 Å². The highest BCUT2D eigenvalue weighted by Crippen LogP contribution is 1.98. The molecule has 0 saturated carbocycles. The lowest BCUT2D eigenvalue weighted by atomic mass is 10.1. The second-order valence-electron chi connectivity index (χ2n) is 4.77. The van der Waals surface area contributed by atoms with Crippen LogP contribution < -0.4 is 5.32 Å². The first kappa shape index (κ1) is 13.7. The van der Waals surface area contributed by atoms with E-state index in [4.69, 9.17) is 0 Å². The molecule has 1 N–H and O–H groups in total. The monoisotopic (exact) mass is 198 g/mol. The van der Waals surface area contributed by atoms with E-state index in [9.17, 15) is 0 Å². The first-order valence-electron chi connectivity index (χ1n) is 5.58. The number of rotatable bonds is 7. The van der Waals surface area contributed by atoms with Crippen molar-refractivity contribution >= 4 is 0 Å². The van der Waals surface area contributed by atoms with Crippen molar-refractivity contribution in [2.45, 2.75) is 39.7 Å². The summed E-state index contributed by atoms with van der Waals surface area (Å²) >= 11 is 0. The van der Waals surface area contributed by atoms with Crippen LogP contribution in [-0.2, 0) is 0 Å². The van der Waals surface area contributed by atoms with E-state index in [0.717, 1.165) is 26.2 Å². The van der Waals surface area contributed by atoms with Gasteiger partial charge in [-0.25, -0.2) is 0 Å². The topological polar surface area (TPSA) is 15.3 Å². The zero-order chi connectivity index (χ0) is 11.0. The van der Waals surface area contributed by atoms with Gasteiger partial charge in [-0.15, -0.1) is 6.58 Å². The van der Waals surface area contributed by atoms with Crippen LogP contribution in [0, 0.1) is 0 Å². The van der Waals surface area contributed by atoms with Crippen LogP contribution in [0.15, 0.2) is 12.7 Å². The summed E-state index contributed by atoms with van der Waals surface area (Å²) in [4.78, 5) is 2.42. The van der Waals surface area contributed by atoms with Gasteiger partial charge >= 0.3 is 0 Å². The van der Waals surface area contributed by atoms with Gasteiger partial charge < -0.3 is 5.32 Å². The first-order valence-corrected chi connectivity index (χ1v) is 5.58. The van der Waals surface area contributed by atoms with Crippen molar-refractivity contribution in [3.63, 3.8) is 0 Å². The van der Waals surface area contributed by atoms with Crippen LogP contribution in [0.2, 0.25) is 0 Å². The van der Waals surface area contributed by atoms with Gasteiger partial charge in [0.1, 0.15) is 0 Å². The van der Waals surface area contributed by atoms with E-state index >= 15 is 0 Å². The number of nitrogens with one attached hydrogen (secondary N) is 1. The molecule has 0 amide bonds. The largest absolute Gasteiger partial charge is 0.311 e. The number of nitrogens with zero attached hydrogens (tertiary/aromatic N) is 1. The standard InChI is InChI=1S/C12H26N2/c1-6-9-14(10-7-2)11-8-13-12(3,4)5/h6,13H,1,7-11H2,2-5H3. The van der Waals surface area contributed by atoms with E-state index in [1.54, 1.807) is 0 Å². The summed E-state index contributed by atoms with van der Waals surface area (Å²) in [5.41, 5.74) is 0.228. The molecule has 0 aliphatic carbocycles. The Balaban J connectivity index is 3.65. The highest BCUT2D eigenvalue weighted by molar-refractivity contribution is 4.75. The minimum atomic E-state index is 0.228. The molecule has 0 aromatic rings. The van der Waals surface area contributed by atoms with Crippen LogP contribution in [0.4, 0.5) is 0 Å². The Morgan fingerprint density at radius 1 is 1.29 bits per heavy atom. The molecule has 84 valence electrons.